The van der Waals surface area contributed by atoms with E-state index < -0.39 is 14.9 Å². The second-order valence-corrected chi connectivity index (χ2v) is 6.82. The van der Waals surface area contributed by atoms with Crippen LogP contribution in [-0.2, 0) is 10.0 Å². The van der Waals surface area contributed by atoms with Crippen LogP contribution >= 0.6 is 0 Å². The van der Waals surface area contributed by atoms with Gasteiger partial charge in [0.05, 0.1) is 4.92 Å². The first kappa shape index (κ1) is 14.9. The van der Waals surface area contributed by atoms with E-state index in [1.807, 2.05) is 0 Å². The molecule has 20 heavy (non-hydrogen) atoms. The minimum absolute atomic E-state index is 0.263. The molecule has 1 saturated carbocycles. The quantitative estimate of drug-likeness (QED) is 0.668. The minimum atomic E-state index is -3.83. The Labute approximate surface area is 118 Å². The molecule has 110 valence electrons. The van der Waals surface area contributed by atoms with Gasteiger partial charge in [0.2, 0.25) is 10.0 Å². The molecule has 7 heteroatoms. The van der Waals surface area contributed by atoms with Gasteiger partial charge >= 0.3 is 0 Å². The van der Waals surface area contributed by atoms with Crippen molar-refractivity contribution < 1.29 is 13.3 Å². The van der Waals surface area contributed by atoms with Crippen molar-refractivity contribution in [3.8, 4) is 0 Å². The molecular formula is C13H18N2O4S. The molecule has 0 unspecified atom stereocenters. The Bertz CT molecular complexity index is 580. The summed E-state index contributed by atoms with van der Waals surface area (Å²) in [6.45, 7) is 0.356. The first-order chi connectivity index (χ1) is 9.50. The maximum atomic E-state index is 12.2. The Hall–Kier alpha value is -1.47. The van der Waals surface area contributed by atoms with E-state index in [0.717, 1.165) is 25.7 Å². The number of para-hydroxylation sites is 1. The monoisotopic (exact) mass is 298 g/mol. The first-order valence-electron chi connectivity index (χ1n) is 6.74. The second-order valence-electron chi connectivity index (χ2n) is 5.08. The van der Waals surface area contributed by atoms with Crippen molar-refractivity contribution in [1.82, 2.24) is 4.72 Å². The standard InChI is InChI=1S/C13H18N2O4S/c16-15(17)12-8-4-5-9-13(12)20(18,19)14-10-11-6-2-1-3-7-11/h4-5,8-9,11,14H,1-3,6-7,10H2. The summed E-state index contributed by atoms with van der Waals surface area (Å²) < 4.78 is 26.9. The van der Waals surface area contributed by atoms with Gasteiger partial charge < -0.3 is 0 Å². The highest BCUT2D eigenvalue weighted by atomic mass is 32.2. The van der Waals surface area contributed by atoms with E-state index in [9.17, 15) is 18.5 Å². The summed E-state index contributed by atoms with van der Waals surface area (Å²) in [5.74, 6) is 0.335. The number of hydrogen-bond acceptors (Lipinski definition) is 4. The number of benzene rings is 1. The van der Waals surface area contributed by atoms with Gasteiger partial charge in [0.1, 0.15) is 0 Å². The van der Waals surface area contributed by atoms with Gasteiger partial charge in [-0.05, 0) is 24.8 Å². The van der Waals surface area contributed by atoms with Gasteiger partial charge in [-0.1, -0.05) is 31.4 Å². The molecule has 1 fully saturated rings. The molecule has 0 amide bonds. The third-order valence-electron chi connectivity index (χ3n) is 3.64. The fourth-order valence-corrected chi connectivity index (χ4v) is 3.82. The Balaban J connectivity index is 2.12. The SMILES string of the molecule is O=[N+]([O-])c1ccccc1S(=O)(=O)NCC1CCCCC1. The molecule has 1 N–H and O–H groups in total. The zero-order valence-electron chi connectivity index (χ0n) is 11.1. The molecular weight excluding hydrogens is 280 g/mol. The number of sulfonamides is 1. The van der Waals surface area contributed by atoms with E-state index in [0.29, 0.717) is 12.5 Å². The van der Waals surface area contributed by atoms with Crippen LogP contribution in [0.4, 0.5) is 5.69 Å². The number of rotatable bonds is 5. The predicted molar refractivity (Wildman–Crippen MR) is 74.9 cm³/mol. The Kier molecular flexibility index (Phi) is 4.72. The summed E-state index contributed by atoms with van der Waals surface area (Å²) in [5.41, 5.74) is -0.386. The lowest BCUT2D eigenvalue weighted by Crippen LogP contribution is -2.30. The Morgan fingerprint density at radius 2 is 1.85 bits per heavy atom. The maximum Gasteiger partial charge on any atom is 0.289 e. The van der Waals surface area contributed by atoms with Crippen molar-refractivity contribution >= 4 is 15.7 Å². The topological polar surface area (TPSA) is 89.3 Å². The van der Waals surface area contributed by atoms with Crippen LogP contribution in [-0.4, -0.2) is 19.9 Å². The van der Waals surface area contributed by atoms with E-state index in [4.69, 9.17) is 0 Å². The van der Waals surface area contributed by atoms with Gasteiger partial charge in [0, 0.05) is 12.6 Å². The van der Waals surface area contributed by atoms with Crippen LogP contribution in [0.25, 0.3) is 0 Å². The highest BCUT2D eigenvalue weighted by Gasteiger charge is 2.26. The van der Waals surface area contributed by atoms with Gasteiger partial charge in [-0.15, -0.1) is 0 Å². The average Bonchev–Trinajstić information content (AvgIpc) is 2.46. The number of nitro groups is 1. The van der Waals surface area contributed by atoms with Gasteiger partial charge in [0.15, 0.2) is 4.90 Å². The Morgan fingerprint density at radius 3 is 2.50 bits per heavy atom. The first-order valence-corrected chi connectivity index (χ1v) is 8.22. The van der Waals surface area contributed by atoms with Crippen molar-refractivity contribution in [2.24, 2.45) is 5.92 Å². The number of nitrogens with zero attached hydrogens (tertiary/aromatic N) is 1. The molecule has 1 aromatic carbocycles. The molecule has 6 nitrogen and oxygen atoms in total. The molecule has 1 aliphatic rings. The van der Waals surface area contributed by atoms with E-state index >= 15 is 0 Å². The largest absolute Gasteiger partial charge is 0.289 e. The fraction of sp³-hybridized carbons (Fsp3) is 0.538. The van der Waals surface area contributed by atoms with E-state index in [2.05, 4.69) is 4.72 Å². The van der Waals surface area contributed by atoms with Crippen molar-refractivity contribution in [1.29, 1.82) is 0 Å². The van der Waals surface area contributed by atoms with Crippen LogP contribution in [0.2, 0.25) is 0 Å². The third-order valence-corrected chi connectivity index (χ3v) is 5.11. The number of nitro benzene ring substituents is 1. The van der Waals surface area contributed by atoms with Gasteiger partial charge in [-0.2, -0.15) is 0 Å². The van der Waals surface area contributed by atoms with Gasteiger partial charge in [-0.3, -0.25) is 10.1 Å². The summed E-state index contributed by atoms with van der Waals surface area (Å²) >= 11 is 0. The summed E-state index contributed by atoms with van der Waals surface area (Å²) in [7, 11) is -3.83. The van der Waals surface area contributed by atoms with Gasteiger partial charge in [-0.25, -0.2) is 13.1 Å². The van der Waals surface area contributed by atoms with Crippen LogP contribution in [0.5, 0.6) is 0 Å². The lowest BCUT2D eigenvalue weighted by molar-refractivity contribution is -0.387. The summed E-state index contributed by atoms with van der Waals surface area (Å²) in [6.07, 6.45) is 5.47. The van der Waals surface area contributed by atoms with Crippen LogP contribution in [0.15, 0.2) is 29.2 Å². The highest BCUT2D eigenvalue weighted by molar-refractivity contribution is 7.89. The molecule has 0 bridgehead atoms. The van der Waals surface area contributed by atoms with Crippen molar-refractivity contribution in [3.63, 3.8) is 0 Å². The van der Waals surface area contributed by atoms with Crippen molar-refractivity contribution in [2.75, 3.05) is 6.54 Å². The van der Waals surface area contributed by atoms with E-state index in [1.54, 1.807) is 0 Å². The molecule has 0 aliphatic heterocycles. The zero-order chi connectivity index (χ0) is 14.6. The van der Waals surface area contributed by atoms with Crippen molar-refractivity contribution in [2.45, 2.75) is 37.0 Å². The summed E-state index contributed by atoms with van der Waals surface area (Å²) in [6, 6.07) is 5.41. The molecule has 0 spiro atoms. The van der Waals surface area contributed by atoms with Crippen LogP contribution in [0.1, 0.15) is 32.1 Å². The Morgan fingerprint density at radius 1 is 1.20 bits per heavy atom. The van der Waals surface area contributed by atoms with E-state index in [1.165, 1.54) is 30.7 Å². The lowest BCUT2D eigenvalue weighted by atomic mass is 9.90. The molecule has 1 aromatic rings. The predicted octanol–water partition coefficient (Wildman–Crippen LogP) is 2.45. The molecule has 0 radical (unpaired) electrons. The van der Waals surface area contributed by atoms with Crippen LogP contribution in [0.3, 0.4) is 0 Å². The second kappa shape index (κ2) is 6.32. The summed E-state index contributed by atoms with van der Waals surface area (Å²) in [5, 5.41) is 10.9. The molecule has 0 aromatic heterocycles. The van der Waals surface area contributed by atoms with Crippen LogP contribution in [0, 0.1) is 16.0 Å². The smallest absolute Gasteiger partial charge is 0.258 e. The highest BCUT2D eigenvalue weighted by Crippen LogP contribution is 2.25. The molecule has 2 rings (SSSR count). The molecule has 0 atom stereocenters. The molecule has 0 saturated heterocycles. The van der Waals surface area contributed by atoms with Gasteiger partial charge in [0.25, 0.3) is 5.69 Å². The van der Waals surface area contributed by atoms with E-state index in [-0.39, 0.29) is 10.6 Å². The summed E-state index contributed by atoms with van der Waals surface area (Å²) in [4.78, 5) is 9.95. The van der Waals surface area contributed by atoms with Crippen molar-refractivity contribution in [3.05, 3.63) is 34.4 Å². The zero-order valence-corrected chi connectivity index (χ0v) is 11.9. The fourth-order valence-electron chi connectivity index (χ4n) is 2.53. The molecule has 1 aliphatic carbocycles. The third kappa shape index (κ3) is 3.55. The minimum Gasteiger partial charge on any atom is -0.258 e. The van der Waals surface area contributed by atoms with Crippen LogP contribution < -0.4 is 4.72 Å². The number of hydrogen-bond donors (Lipinski definition) is 1. The molecule has 0 heterocycles. The average molecular weight is 298 g/mol. The lowest BCUT2D eigenvalue weighted by Gasteiger charge is -2.21. The normalized spacial score (nSPS) is 17.0. The maximum absolute atomic E-state index is 12.2. The number of nitrogens with one attached hydrogen (secondary N) is 1.